The topological polar surface area (TPSA) is 79.8 Å². The molecule has 6 nitrogen and oxygen atoms in total. The van der Waals surface area contributed by atoms with Gasteiger partial charge in [0.1, 0.15) is 9.84 Å². The van der Waals surface area contributed by atoms with Gasteiger partial charge in [0.05, 0.1) is 5.75 Å². The molecule has 18 heavy (non-hydrogen) atoms. The fourth-order valence-electron chi connectivity index (χ4n) is 1.10. The highest BCUT2D eigenvalue weighted by atomic mass is 127. The molecule has 0 atom stereocenters. The lowest BCUT2D eigenvalue weighted by Gasteiger charge is -2.11. The Labute approximate surface area is 127 Å². The summed E-state index contributed by atoms with van der Waals surface area (Å²) in [6.07, 6.45) is 2.10. The van der Waals surface area contributed by atoms with Crippen molar-refractivity contribution in [2.75, 3.05) is 45.4 Å². The van der Waals surface area contributed by atoms with Crippen LogP contribution in [0.2, 0.25) is 0 Å². The van der Waals surface area contributed by atoms with Gasteiger partial charge < -0.3 is 15.4 Å². The molecule has 0 spiro atoms. The number of nitrogens with zero attached hydrogens (tertiary/aromatic N) is 1. The van der Waals surface area contributed by atoms with E-state index in [9.17, 15) is 8.42 Å². The first-order valence-electron chi connectivity index (χ1n) is 5.69. The summed E-state index contributed by atoms with van der Waals surface area (Å²) < 4.78 is 27.0. The number of halogens is 1. The number of ether oxygens (including phenoxy) is 1. The predicted molar refractivity (Wildman–Crippen MR) is 85.6 cm³/mol. The fourth-order valence-corrected chi connectivity index (χ4v) is 1.57. The number of hydrogen-bond donors (Lipinski definition) is 2. The summed E-state index contributed by atoms with van der Waals surface area (Å²) >= 11 is 0. The second-order valence-corrected chi connectivity index (χ2v) is 5.87. The molecule has 8 heteroatoms. The van der Waals surface area contributed by atoms with Crippen LogP contribution < -0.4 is 10.6 Å². The molecule has 0 heterocycles. The fraction of sp³-hybridized carbons (Fsp3) is 0.900. The minimum absolute atomic E-state index is 0. The van der Waals surface area contributed by atoms with Crippen LogP contribution in [0.4, 0.5) is 0 Å². The van der Waals surface area contributed by atoms with Crippen LogP contribution >= 0.6 is 24.0 Å². The normalized spacial score (nSPS) is 11.8. The first kappa shape index (κ1) is 20.2. The molecule has 0 amide bonds. The Bertz CT molecular complexity index is 320. The van der Waals surface area contributed by atoms with Gasteiger partial charge in [0, 0.05) is 39.6 Å². The Balaban J connectivity index is 0. The van der Waals surface area contributed by atoms with E-state index in [2.05, 4.69) is 15.6 Å². The number of rotatable bonds is 8. The zero-order chi connectivity index (χ0) is 13.1. The number of hydrogen-bond acceptors (Lipinski definition) is 4. The van der Waals surface area contributed by atoms with E-state index in [1.54, 1.807) is 7.05 Å². The monoisotopic (exact) mass is 393 g/mol. The summed E-state index contributed by atoms with van der Waals surface area (Å²) in [5.74, 6) is 0.720. The van der Waals surface area contributed by atoms with Gasteiger partial charge in [0.2, 0.25) is 0 Å². The molecule has 0 saturated heterocycles. The third-order valence-corrected chi connectivity index (χ3v) is 2.90. The van der Waals surface area contributed by atoms with Crippen molar-refractivity contribution in [1.82, 2.24) is 10.6 Å². The van der Waals surface area contributed by atoms with E-state index in [0.717, 1.165) is 19.6 Å². The molecule has 2 N–H and O–H groups in total. The van der Waals surface area contributed by atoms with Crippen molar-refractivity contribution in [3.8, 4) is 0 Å². The van der Waals surface area contributed by atoms with Gasteiger partial charge in [-0.05, 0) is 13.3 Å². The van der Waals surface area contributed by atoms with Gasteiger partial charge >= 0.3 is 0 Å². The van der Waals surface area contributed by atoms with Crippen molar-refractivity contribution in [3.05, 3.63) is 0 Å². The van der Waals surface area contributed by atoms with E-state index in [1.807, 2.05) is 6.92 Å². The molecule has 0 bridgehead atoms. The van der Waals surface area contributed by atoms with Gasteiger partial charge in [-0.2, -0.15) is 0 Å². The van der Waals surface area contributed by atoms with Crippen LogP contribution in [0.25, 0.3) is 0 Å². The largest absolute Gasteiger partial charge is 0.382 e. The number of aliphatic imine (C=N–C) groups is 1. The Morgan fingerprint density at radius 3 is 2.39 bits per heavy atom. The molecular formula is C10H24IN3O3S. The van der Waals surface area contributed by atoms with Crippen LogP contribution in [0.15, 0.2) is 4.99 Å². The van der Waals surface area contributed by atoms with E-state index >= 15 is 0 Å². The molecule has 0 rings (SSSR count). The van der Waals surface area contributed by atoms with Crippen molar-refractivity contribution in [3.63, 3.8) is 0 Å². The highest BCUT2D eigenvalue weighted by Gasteiger charge is 2.02. The molecule has 0 aromatic heterocycles. The maximum atomic E-state index is 10.9. The first-order chi connectivity index (χ1) is 7.99. The Kier molecular flexibility index (Phi) is 13.5. The first-order valence-corrected chi connectivity index (χ1v) is 7.75. The van der Waals surface area contributed by atoms with Crippen LogP contribution in [-0.4, -0.2) is 59.7 Å². The standard InChI is InChI=1S/C10H23N3O3S.HI/c1-4-16-8-5-6-12-10(11-2)13-7-9-17(3,14)15;/h4-9H2,1-3H3,(H2,11,12,13);1H. The highest BCUT2D eigenvalue weighted by Crippen LogP contribution is 1.82. The van der Waals surface area contributed by atoms with E-state index < -0.39 is 9.84 Å². The van der Waals surface area contributed by atoms with Crippen molar-refractivity contribution < 1.29 is 13.2 Å². The third-order valence-electron chi connectivity index (χ3n) is 1.95. The van der Waals surface area contributed by atoms with E-state index in [1.165, 1.54) is 6.26 Å². The zero-order valence-corrected chi connectivity index (χ0v) is 14.4. The molecule has 0 aromatic rings. The molecule has 0 fully saturated rings. The summed E-state index contributed by atoms with van der Waals surface area (Å²) in [6, 6.07) is 0. The highest BCUT2D eigenvalue weighted by molar-refractivity contribution is 14.0. The molecule has 0 aliphatic carbocycles. The molecule has 110 valence electrons. The molecule has 0 saturated carbocycles. The molecule has 0 aromatic carbocycles. The lowest BCUT2D eigenvalue weighted by molar-refractivity contribution is 0.145. The van der Waals surface area contributed by atoms with Crippen LogP contribution in [0, 0.1) is 0 Å². The van der Waals surface area contributed by atoms with Crippen molar-refractivity contribution >= 4 is 39.8 Å². The lowest BCUT2D eigenvalue weighted by Crippen LogP contribution is -2.40. The Hall–Kier alpha value is -0.0900. The zero-order valence-electron chi connectivity index (χ0n) is 11.2. The molecule has 0 unspecified atom stereocenters. The number of guanidine groups is 1. The van der Waals surface area contributed by atoms with Gasteiger partial charge in [-0.25, -0.2) is 8.42 Å². The Morgan fingerprint density at radius 2 is 1.89 bits per heavy atom. The van der Waals surface area contributed by atoms with Gasteiger partial charge in [0.15, 0.2) is 5.96 Å². The average molecular weight is 393 g/mol. The van der Waals surface area contributed by atoms with Gasteiger partial charge in [-0.1, -0.05) is 0 Å². The predicted octanol–water partition coefficient (Wildman–Crippen LogP) is 0.241. The maximum absolute atomic E-state index is 10.9. The molecule has 0 aliphatic rings. The van der Waals surface area contributed by atoms with Crippen molar-refractivity contribution in [1.29, 1.82) is 0 Å². The molecular weight excluding hydrogens is 369 g/mol. The van der Waals surface area contributed by atoms with Gasteiger partial charge in [0.25, 0.3) is 0 Å². The summed E-state index contributed by atoms with van der Waals surface area (Å²) in [5.41, 5.74) is 0. The SMILES string of the molecule is CCOCCCNC(=NC)NCCS(C)(=O)=O.I. The van der Waals surface area contributed by atoms with E-state index in [4.69, 9.17) is 4.74 Å². The number of sulfone groups is 1. The summed E-state index contributed by atoms with van der Waals surface area (Å²) in [5, 5.41) is 6.01. The minimum atomic E-state index is -2.93. The second-order valence-electron chi connectivity index (χ2n) is 3.61. The van der Waals surface area contributed by atoms with Crippen LogP contribution in [0.3, 0.4) is 0 Å². The molecule has 0 aliphatic heterocycles. The van der Waals surface area contributed by atoms with Crippen LogP contribution in [-0.2, 0) is 14.6 Å². The maximum Gasteiger partial charge on any atom is 0.191 e. The minimum Gasteiger partial charge on any atom is -0.382 e. The third kappa shape index (κ3) is 14.0. The molecule has 0 radical (unpaired) electrons. The van der Waals surface area contributed by atoms with Crippen molar-refractivity contribution in [2.45, 2.75) is 13.3 Å². The van der Waals surface area contributed by atoms with Crippen LogP contribution in [0.1, 0.15) is 13.3 Å². The van der Waals surface area contributed by atoms with Crippen LogP contribution in [0.5, 0.6) is 0 Å². The average Bonchev–Trinajstić information content (AvgIpc) is 2.25. The lowest BCUT2D eigenvalue weighted by atomic mass is 10.4. The van der Waals surface area contributed by atoms with E-state index in [-0.39, 0.29) is 29.7 Å². The Morgan fingerprint density at radius 1 is 1.28 bits per heavy atom. The van der Waals surface area contributed by atoms with Gasteiger partial charge in [-0.15, -0.1) is 24.0 Å². The summed E-state index contributed by atoms with van der Waals surface area (Å²) in [6.45, 7) is 4.51. The quantitative estimate of drug-likeness (QED) is 0.267. The second kappa shape index (κ2) is 12.0. The summed E-state index contributed by atoms with van der Waals surface area (Å²) in [4.78, 5) is 3.98. The van der Waals surface area contributed by atoms with E-state index in [0.29, 0.717) is 19.1 Å². The van der Waals surface area contributed by atoms with Gasteiger partial charge in [-0.3, -0.25) is 4.99 Å². The van der Waals surface area contributed by atoms with Crippen molar-refractivity contribution in [2.24, 2.45) is 4.99 Å². The smallest absolute Gasteiger partial charge is 0.191 e. The number of nitrogens with one attached hydrogen (secondary N) is 2. The summed E-state index contributed by atoms with van der Waals surface area (Å²) in [7, 11) is -1.27.